The van der Waals surface area contributed by atoms with Crippen LogP contribution in [0.2, 0.25) is 0 Å². The molecule has 0 aliphatic carbocycles. The molecular weight excluding hydrogens is 228 g/mol. The molecule has 0 spiro atoms. The van der Waals surface area contributed by atoms with Gasteiger partial charge in [0, 0.05) is 34.5 Å². The van der Waals surface area contributed by atoms with Gasteiger partial charge in [0.25, 0.3) is 0 Å². The molecule has 1 heterocycles. The minimum absolute atomic E-state index is 0.415. The zero-order valence-electron chi connectivity index (χ0n) is 10.4. The Balaban J connectivity index is 2.53. The van der Waals surface area contributed by atoms with Crippen LogP contribution in [0.4, 0.5) is 11.4 Å². The Morgan fingerprint density at radius 2 is 2.00 bits per heavy atom. The first kappa shape index (κ1) is 12.2. The van der Waals surface area contributed by atoms with Crippen LogP contribution >= 0.6 is 0 Å². The van der Waals surface area contributed by atoms with Crippen molar-refractivity contribution < 1.29 is 4.79 Å². The van der Waals surface area contributed by atoms with Gasteiger partial charge in [0.2, 0.25) is 5.91 Å². The second-order valence-electron chi connectivity index (χ2n) is 4.74. The van der Waals surface area contributed by atoms with Crippen LogP contribution in [0.1, 0.15) is 13.8 Å². The average molecular weight is 244 g/mol. The number of primary amides is 1. The van der Waals surface area contributed by atoms with Crippen molar-refractivity contribution in [3.8, 4) is 0 Å². The highest BCUT2D eigenvalue weighted by molar-refractivity contribution is 6.02. The van der Waals surface area contributed by atoms with Gasteiger partial charge >= 0.3 is 0 Å². The van der Waals surface area contributed by atoms with Gasteiger partial charge < -0.3 is 16.8 Å². The van der Waals surface area contributed by atoms with Crippen LogP contribution < -0.4 is 16.8 Å². The van der Waals surface area contributed by atoms with Gasteiger partial charge in [-0.1, -0.05) is 0 Å². The van der Waals surface area contributed by atoms with Crippen LogP contribution in [0.5, 0.6) is 0 Å². The molecule has 0 saturated carbocycles. The highest BCUT2D eigenvalue weighted by atomic mass is 16.1. The number of anilines is 2. The van der Waals surface area contributed by atoms with Crippen molar-refractivity contribution >= 4 is 28.1 Å². The summed E-state index contributed by atoms with van der Waals surface area (Å²) >= 11 is 0. The molecule has 0 saturated heterocycles. The third-order valence-corrected chi connectivity index (χ3v) is 2.91. The number of pyridine rings is 1. The van der Waals surface area contributed by atoms with E-state index in [4.69, 9.17) is 11.5 Å². The Bertz CT molecular complexity index is 607. The molecule has 5 nitrogen and oxygen atoms in total. The maximum Gasteiger partial charge on any atom is 0.242 e. The molecule has 0 fully saturated rings. The van der Waals surface area contributed by atoms with Gasteiger partial charge in [0.1, 0.15) is 5.54 Å². The zero-order chi connectivity index (χ0) is 13.3. The van der Waals surface area contributed by atoms with Gasteiger partial charge in [-0.2, -0.15) is 0 Å². The van der Waals surface area contributed by atoms with E-state index in [1.54, 1.807) is 32.3 Å². The van der Waals surface area contributed by atoms with E-state index in [9.17, 15) is 4.79 Å². The van der Waals surface area contributed by atoms with E-state index in [2.05, 4.69) is 10.3 Å². The summed E-state index contributed by atoms with van der Waals surface area (Å²) in [6.07, 6.45) is 3.39. The smallest absolute Gasteiger partial charge is 0.242 e. The molecule has 0 unspecified atom stereocenters. The molecule has 1 amide bonds. The number of nitrogen functional groups attached to an aromatic ring is 1. The number of nitrogens with one attached hydrogen (secondary N) is 1. The zero-order valence-corrected chi connectivity index (χ0v) is 10.4. The molecule has 0 aliphatic heterocycles. The summed E-state index contributed by atoms with van der Waals surface area (Å²) in [5, 5.41) is 4.90. The lowest BCUT2D eigenvalue weighted by Crippen LogP contribution is -2.45. The molecule has 18 heavy (non-hydrogen) atoms. The fourth-order valence-electron chi connectivity index (χ4n) is 1.72. The SMILES string of the molecule is CC(C)(Nc1ccc(N)c2cnccc12)C(N)=O. The highest BCUT2D eigenvalue weighted by Crippen LogP contribution is 2.29. The molecule has 1 aromatic heterocycles. The largest absolute Gasteiger partial charge is 0.398 e. The van der Waals surface area contributed by atoms with E-state index in [0.29, 0.717) is 5.69 Å². The first-order valence-electron chi connectivity index (χ1n) is 5.62. The van der Waals surface area contributed by atoms with E-state index in [1.165, 1.54) is 0 Å². The number of fused-ring (bicyclic) bond motifs is 1. The van der Waals surface area contributed by atoms with Gasteiger partial charge in [-0.25, -0.2) is 0 Å². The Morgan fingerprint density at radius 1 is 1.28 bits per heavy atom. The number of nitrogens with zero attached hydrogens (tertiary/aromatic N) is 1. The molecule has 2 aromatic rings. The number of hydrogen-bond acceptors (Lipinski definition) is 4. The molecule has 0 aliphatic rings. The highest BCUT2D eigenvalue weighted by Gasteiger charge is 2.25. The lowest BCUT2D eigenvalue weighted by Gasteiger charge is -2.24. The quantitative estimate of drug-likeness (QED) is 0.713. The molecular formula is C13H16N4O. The number of benzene rings is 1. The van der Waals surface area contributed by atoms with E-state index in [1.807, 2.05) is 12.1 Å². The number of rotatable bonds is 3. The Labute approximate surface area is 105 Å². The lowest BCUT2D eigenvalue weighted by atomic mass is 10.0. The van der Waals surface area contributed by atoms with E-state index >= 15 is 0 Å². The molecule has 2 rings (SSSR count). The average Bonchev–Trinajstić information content (AvgIpc) is 2.33. The maximum atomic E-state index is 11.4. The van der Waals surface area contributed by atoms with Crippen LogP contribution in [-0.2, 0) is 4.79 Å². The summed E-state index contributed by atoms with van der Waals surface area (Å²) in [6.45, 7) is 3.47. The molecule has 94 valence electrons. The summed E-state index contributed by atoms with van der Waals surface area (Å²) < 4.78 is 0. The standard InChI is InChI=1S/C13H16N4O/c1-13(2,12(15)18)17-11-4-3-10(14)9-7-16-6-5-8(9)11/h3-7,17H,14H2,1-2H3,(H2,15,18). The monoisotopic (exact) mass is 244 g/mol. The summed E-state index contributed by atoms with van der Waals surface area (Å²) in [5.41, 5.74) is 11.9. The third-order valence-electron chi connectivity index (χ3n) is 2.91. The van der Waals surface area contributed by atoms with E-state index in [-0.39, 0.29) is 0 Å². The normalized spacial score (nSPS) is 11.4. The van der Waals surface area contributed by atoms with Crippen LogP contribution in [-0.4, -0.2) is 16.4 Å². The maximum absolute atomic E-state index is 11.4. The van der Waals surface area contributed by atoms with Crippen molar-refractivity contribution in [2.45, 2.75) is 19.4 Å². The van der Waals surface area contributed by atoms with Crippen molar-refractivity contribution in [2.24, 2.45) is 5.73 Å². The summed E-state index contributed by atoms with van der Waals surface area (Å²) in [5.74, 6) is -0.415. The number of hydrogen-bond donors (Lipinski definition) is 3. The van der Waals surface area contributed by atoms with E-state index < -0.39 is 11.4 Å². The molecule has 0 bridgehead atoms. The van der Waals surface area contributed by atoms with Gasteiger partial charge in [-0.15, -0.1) is 0 Å². The number of aromatic nitrogens is 1. The van der Waals surface area contributed by atoms with Crippen molar-refractivity contribution in [2.75, 3.05) is 11.1 Å². The summed E-state index contributed by atoms with van der Waals surface area (Å²) in [6, 6.07) is 5.47. The second kappa shape index (κ2) is 4.18. The molecule has 5 heteroatoms. The summed E-state index contributed by atoms with van der Waals surface area (Å²) in [4.78, 5) is 15.4. The Kier molecular flexibility index (Phi) is 2.82. The van der Waals surface area contributed by atoms with Crippen LogP contribution in [0, 0.1) is 0 Å². The molecule has 0 radical (unpaired) electrons. The van der Waals surface area contributed by atoms with Gasteiger partial charge in [-0.3, -0.25) is 9.78 Å². The molecule has 1 aromatic carbocycles. The predicted molar refractivity (Wildman–Crippen MR) is 73.1 cm³/mol. The van der Waals surface area contributed by atoms with Crippen LogP contribution in [0.25, 0.3) is 10.8 Å². The van der Waals surface area contributed by atoms with Crippen LogP contribution in [0.15, 0.2) is 30.6 Å². The first-order valence-corrected chi connectivity index (χ1v) is 5.62. The lowest BCUT2D eigenvalue weighted by molar-refractivity contribution is -0.121. The van der Waals surface area contributed by atoms with Gasteiger partial charge in [-0.05, 0) is 32.0 Å². The number of carbonyl (C=O) groups excluding carboxylic acids is 1. The third kappa shape index (κ3) is 2.07. The van der Waals surface area contributed by atoms with Crippen LogP contribution in [0.3, 0.4) is 0 Å². The van der Waals surface area contributed by atoms with Crippen molar-refractivity contribution in [1.82, 2.24) is 4.98 Å². The topological polar surface area (TPSA) is 94.0 Å². The number of amides is 1. The van der Waals surface area contributed by atoms with Crippen molar-refractivity contribution in [3.05, 3.63) is 30.6 Å². The molecule has 5 N–H and O–H groups in total. The van der Waals surface area contributed by atoms with E-state index in [0.717, 1.165) is 16.5 Å². The fraction of sp³-hybridized carbons (Fsp3) is 0.231. The van der Waals surface area contributed by atoms with Crippen molar-refractivity contribution in [3.63, 3.8) is 0 Å². The summed E-state index contributed by atoms with van der Waals surface area (Å²) in [7, 11) is 0. The van der Waals surface area contributed by atoms with Gasteiger partial charge in [0.05, 0.1) is 0 Å². The Morgan fingerprint density at radius 3 is 2.67 bits per heavy atom. The minimum Gasteiger partial charge on any atom is -0.398 e. The van der Waals surface area contributed by atoms with Crippen molar-refractivity contribution in [1.29, 1.82) is 0 Å². The van der Waals surface area contributed by atoms with Gasteiger partial charge in [0.15, 0.2) is 0 Å². The predicted octanol–water partition coefficient (Wildman–Crippen LogP) is 1.49. The Hall–Kier alpha value is -2.30. The minimum atomic E-state index is -0.827. The number of carbonyl (C=O) groups is 1. The second-order valence-corrected chi connectivity index (χ2v) is 4.74. The first-order chi connectivity index (χ1) is 8.42. The molecule has 0 atom stereocenters. The fourth-order valence-corrected chi connectivity index (χ4v) is 1.72. The number of nitrogens with two attached hydrogens (primary N) is 2.